The Labute approximate surface area is 242 Å². The molecule has 0 unspecified atom stereocenters. The summed E-state index contributed by atoms with van der Waals surface area (Å²) in [6, 6.07) is 9.93. The van der Waals surface area contributed by atoms with Crippen molar-refractivity contribution >= 4 is 11.9 Å². The van der Waals surface area contributed by atoms with Crippen molar-refractivity contribution in [3.63, 3.8) is 0 Å². The van der Waals surface area contributed by atoms with Crippen molar-refractivity contribution < 1.29 is 34.5 Å². The van der Waals surface area contributed by atoms with Crippen molar-refractivity contribution in [2.75, 3.05) is 13.2 Å². The second-order valence-electron chi connectivity index (χ2n) is 10.5. The minimum absolute atomic E-state index is 0.00251. The van der Waals surface area contributed by atoms with E-state index >= 15 is 0 Å². The predicted molar refractivity (Wildman–Crippen MR) is 155 cm³/mol. The summed E-state index contributed by atoms with van der Waals surface area (Å²) in [5.74, 6) is -0.766. The quantitative estimate of drug-likeness (QED) is 0.0679. The molecule has 41 heavy (non-hydrogen) atoms. The highest BCUT2D eigenvalue weighted by Crippen LogP contribution is 2.38. The zero-order valence-electron chi connectivity index (χ0n) is 24.1. The SMILES string of the molecule is CCNC(=O)CCC/C=C\C[C@@H]1[C@@H](/C=C/[C@@H](O)CCc2ccccc2)[C@H](OC(=O)CCCCCO[N+](=O)[O-])C[C@@H]1O. The fourth-order valence-corrected chi connectivity index (χ4v) is 5.07. The van der Waals surface area contributed by atoms with E-state index in [2.05, 4.69) is 10.2 Å². The number of nitrogens with zero attached hydrogens (tertiary/aromatic N) is 1. The van der Waals surface area contributed by atoms with Gasteiger partial charge in [-0.15, -0.1) is 10.1 Å². The minimum Gasteiger partial charge on any atom is -0.462 e. The average molecular weight is 575 g/mol. The zero-order chi connectivity index (χ0) is 29.9. The number of carbonyl (C=O) groups excluding carboxylic acids is 2. The number of aliphatic hydroxyl groups is 2. The number of nitrogens with one attached hydrogen (secondary N) is 1. The first-order valence-electron chi connectivity index (χ1n) is 14.8. The van der Waals surface area contributed by atoms with Crippen molar-refractivity contribution in [2.24, 2.45) is 11.8 Å². The molecule has 2 rings (SSSR count). The van der Waals surface area contributed by atoms with Crippen LogP contribution in [0.3, 0.4) is 0 Å². The molecule has 0 radical (unpaired) electrons. The number of aryl methyl sites for hydroxylation is 1. The number of aliphatic hydroxyl groups excluding tert-OH is 2. The molecule has 0 aromatic heterocycles. The number of benzene rings is 1. The molecule has 10 nitrogen and oxygen atoms in total. The average Bonchev–Trinajstić information content (AvgIpc) is 3.23. The van der Waals surface area contributed by atoms with Crippen molar-refractivity contribution in [1.82, 2.24) is 5.32 Å². The maximum atomic E-state index is 12.6. The Hall–Kier alpha value is -3.24. The first-order chi connectivity index (χ1) is 19.8. The van der Waals surface area contributed by atoms with Gasteiger partial charge in [0.1, 0.15) is 6.10 Å². The molecule has 1 aromatic carbocycles. The molecule has 0 saturated heterocycles. The number of esters is 1. The molecular weight excluding hydrogens is 528 g/mol. The summed E-state index contributed by atoms with van der Waals surface area (Å²) in [4.78, 5) is 38.7. The molecule has 1 fully saturated rings. The van der Waals surface area contributed by atoms with Gasteiger partial charge in [0, 0.05) is 31.7 Å². The molecule has 1 aromatic rings. The molecular formula is C31H46N2O8. The van der Waals surface area contributed by atoms with E-state index in [1.165, 1.54) is 0 Å². The fraction of sp³-hybridized carbons (Fsp3) is 0.613. The molecule has 0 spiro atoms. The third kappa shape index (κ3) is 14.3. The number of hydrogen-bond donors (Lipinski definition) is 3. The number of amides is 1. The lowest BCUT2D eigenvalue weighted by Gasteiger charge is -2.22. The van der Waals surface area contributed by atoms with Crippen LogP contribution in [0.2, 0.25) is 0 Å². The molecule has 0 heterocycles. The molecule has 228 valence electrons. The van der Waals surface area contributed by atoms with Crippen LogP contribution in [-0.4, -0.2) is 58.6 Å². The summed E-state index contributed by atoms with van der Waals surface area (Å²) >= 11 is 0. The van der Waals surface area contributed by atoms with E-state index in [1.807, 2.05) is 55.5 Å². The van der Waals surface area contributed by atoms with Gasteiger partial charge in [-0.2, -0.15) is 0 Å². The van der Waals surface area contributed by atoms with Crippen LogP contribution < -0.4 is 5.32 Å². The normalized spacial score (nSPS) is 21.2. The largest absolute Gasteiger partial charge is 0.462 e. The number of ether oxygens (including phenoxy) is 1. The van der Waals surface area contributed by atoms with E-state index in [0.29, 0.717) is 51.5 Å². The highest BCUT2D eigenvalue weighted by atomic mass is 16.9. The maximum absolute atomic E-state index is 12.6. The molecule has 5 atom stereocenters. The summed E-state index contributed by atoms with van der Waals surface area (Å²) < 4.78 is 5.79. The Morgan fingerprint density at radius 2 is 1.93 bits per heavy atom. The lowest BCUT2D eigenvalue weighted by Crippen LogP contribution is -2.25. The summed E-state index contributed by atoms with van der Waals surface area (Å²) in [6.45, 7) is 2.51. The Bertz CT molecular complexity index is 968. The number of rotatable bonds is 20. The first kappa shape index (κ1) is 34.0. The molecule has 3 N–H and O–H groups in total. The Morgan fingerprint density at radius 3 is 2.66 bits per heavy atom. The van der Waals surface area contributed by atoms with Crippen LogP contribution in [0.25, 0.3) is 0 Å². The van der Waals surface area contributed by atoms with Crippen LogP contribution in [0.15, 0.2) is 54.6 Å². The number of carbonyl (C=O) groups is 2. The number of hydrogen-bond acceptors (Lipinski definition) is 8. The van der Waals surface area contributed by atoms with Crippen molar-refractivity contribution in [3.8, 4) is 0 Å². The van der Waals surface area contributed by atoms with E-state index < -0.39 is 23.4 Å². The van der Waals surface area contributed by atoms with E-state index in [4.69, 9.17) is 4.74 Å². The summed E-state index contributed by atoms with van der Waals surface area (Å²) in [7, 11) is 0. The molecule has 1 aliphatic carbocycles. The van der Waals surface area contributed by atoms with Gasteiger partial charge >= 0.3 is 5.97 Å². The van der Waals surface area contributed by atoms with E-state index in [-0.39, 0.29) is 36.7 Å². The van der Waals surface area contributed by atoms with Gasteiger partial charge < -0.3 is 25.1 Å². The van der Waals surface area contributed by atoms with Gasteiger partial charge in [0.05, 0.1) is 18.8 Å². The monoisotopic (exact) mass is 574 g/mol. The topological polar surface area (TPSA) is 148 Å². The van der Waals surface area contributed by atoms with Gasteiger partial charge in [-0.3, -0.25) is 9.59 Å². The molecule has 10 heteroatoms. The number of unbranched alkanes of at least 4 members (excludes halogenated alkanes) is 3. The van der Waals surface area contributed by atoms with Crippen LogP contribution >= 0.6 is 0 Å². The van der Waals surface area contributed by atoms with Crippen LogP contribution in [0.5, 0.6) is 0 Å². The molecule has 1 aliphatic rings. The zero-order valence-corrected chi connectivity index (χ0v) is 24.1. The van der Waals surface area contributed by atoms with Gasteiger partial charge in [0.25, 0.3) is 5.09 Å². The van der Waals surface area contributed by atoms with Crippen LogP contribution in [-0.2, 0) is 25.6 Å². The highest BCUT2D eigenvalue weighted by molar-refractivity contribution is 5.75. The van der Waals surface area contributed by atoms with Gasteiger partial charge in [0.2, 0.25) is 5.91 Å². The molecule has 0 aliphatic heterocycles. The first-order valence-corrected chi connectivity index (χ1v) is 14.8. The third-order valence-electron chi connectivity index (χ3n) is 7.25. The predicted octanol–water partition coefficient (Wildman–Crippen LogP) is 4.47. The summed E-state index contributed by atoms with van der Waals surface area (Å²) in [5, 5.41) is 33.7. The van der Waals surface area contributed by atoms with Gasteiger partial charge in [-0.1, -0.05) is 61.1 Å². The van der Waals surface area contributed by atoms with Crippen LogP contribution in [0.4, 0.5) is 0 Å². The molecule has 0 bridgehead atoms. The lowest BCUT2D eigenvalue weighted by molar-refractivity contribution is -0.757. The maximum Gasteiger partial charge on any atom is 0.306 e. The van der Waals surface area contributed by atoms with Gasteiger partial charge in [-0.05, 0) is 63.4 Å². The standard InChI is InChI=1S/C31H46N2O8/c1-2-32-30(36)16-10-4-3-9-15-26-27(21-20-25(34)19-18-24-13-7-5-8-14-24)29(23-28(26)35)41-31(37)17-11-6-12-22-40-33(38)39/h3,5,7-9,13-14,20-21,25-29,34-35H,2,4,6,10-12,15-19,22-23H2,1H3,(H,32,36)/b9-3-,21-20+/t25-,26+,27+,28-,29+/m0/s1. The Morgan fingerprint density at radius 1 is 1.15 bits per heavy atom. The summed E-state index contributed by atoms with van der Waals surface area (Å²) in [6.07, 6.45) is 11.7. The van der Waals surface area contributed by atoms with Crippen molar-refractivity contribution in [1.29, 1.82) is 0 Å². The number of allylic oxidation sites excluding steroid dienone is 2. The Kier molecular flexibility index (Phi) is 16.4. The third-order valence-corrected chi connectivity index (χ3v) is 7.25. The van der Waals surface area contributed by atoms with E-state index in [0.717, 1.165) is 24.8 Å². The van der Waals surface area contributed by atoms with Crippen molar-refractivity contribution in [2.45, 2.75) is 95.9 Å². The lowest BCUT2D eigenvalue weighted by atomic mass is 9.89. The second kappa shape index (κ2) is 19.8. The highest BCUT2D eigenvalue weighted by Gasteiger charge is 2.42. The van der Waals surface area contributed by atoms with Gasteiger partial charge in [0.15, 0.2) is 0 Å². The van der Waals surface area contributed by atoms with Crippen LogP contribution in [0, 0.1) is 22.0 Å². The van der Waals surface area contributed by atoms with E-state index in [9.17, 15) is 29.9 Å². The van der Waals surface area contributed by atoms with Crippen molar-refractivity contribution in [3.05, 3.63) is 70.3 Å². The Balaban J connectivity index is 1.93. The van der Waals surface area contributed by atoms with E-state index in [1.54, 1.807) is 6.08 Å². The fourth-order valence-electron chi connectivity index (χ4n) is 5.07. The van der Waals surface area contributed by atoms with Gasteiger partial charge in [-0.25, -0.2) is 0 Å². The summed E-state index contributed by atoms with van der Waals surface area (Å²) in [5.41, 5.74) is 1.14. The smallest absolute Gasteiger partial charge is 0.306 e. The molecule has 1 amide bonds. The second-order valence-corrected chi connectivity index (χ2v) is 10.5. The minimum atomic E-state index is -0.830. The van der Waals surface area contributed by atoms with Crippen LogP contribution in [0.1, 0.15) is 76.7 Å². The molecule has 1 saturated carbocycles.